The summed E-state index contributed by atoms with van der Waals surface area (Å²) in [5.41, 5.74) is 1.42. The maximum atomic E-state index is 11.9. The van der Waals surface area contributed by atoms with Gasteiger partial charge in [0, 0.05) is 10.6 Å². The molecule has 0 fully saturated rings. The summed E-state index contributed by atoms with van der Waals surface area (Å²) in [6, 6.07) is 14.4. The highest BCUT2D eigenvalue weighted by Gasteiger charge is 2.07. The van der Waals surface area contributed by atoms with E-state index in [0.29, 0.717) is 15.6 Å². The summed E-state index contributed by atoms with van der Waals surface area (Å²) in [6.45, 7) is 0. The fraction of sp³-hybridized carbons (Fsp3) is 0. The minimum Gasteiger partial charge on any atom is -0.289 e. The number of rotatable bonds is 3. The molecule has 2 aromatic rings. The molecule has 1 nitrogen and oxygen atoms in total. The Morgan fingerprint density at radius 1 is 1.00 bits per heavy atom. The van der Waals surface area contributed by atoms with Crippen LogP contribution in [0.15, 0.2) is 54.6 Å². The summed E-state index contributed by atoms with van der Waals surface area (Å²) >= 11 is 11.7. The van der Waals surface area contributed by atoms with E-state index in [-0.39, 0.29) is 5.78 Å². The SMILES string of the molecule is O=C(/C=C/c1ccccc1)c1ccc(Cl)cc1Cl. The average molecular weight is 277 g/mol. The van der Waals surface area contributed by atoms with Gasteiger partial charge in [-0.25, -0.2) is 0 Å². The summed E-state index contributed by atoms with van der Waals surface area (Å²) in [7, 11) is 0. The second-order valence-electron chi connectivity index (χ2n) is 3.73. The third-order valence-corrected chi connectivity index (χ3v) is 2.97. The molecule has 0 aliphatic carbocycles. The molecule has 0 aliphatic heterocycles. The zero-order valence-corrected chi connectivity index (χ0v) is 10.9. The highest BCUT2D eigenvalue weighted by Crippen LogP contribution is 2.21. The van der Waals surface area contributed by atoms with E-state index in [2.05, 4.69) is 0 Å². The van der Waals surface area contributed by atoms with Crippen molar-refractivity contribution in [2.75, 3.05) is 0 Å². The highest BCUT2D eigenvalue weighted by molar-refractivity contribution is 6.37. The summed E-state index contributed by atoms with van der Waals surface area (Å²) in [5.74, 6) is -0.138. The predicted octanol–water partition coefficient (Wildman–Crippen LogP) is 4.89. The Kier molecular flexibility index (Phi) is 4.19. The Hall–Kier alpha value is -1.57. The van der Waals surface area contributed by atoms with E-state index in [0.717, 1.165) is 5.56 Å². The molecule has 0 bridgehead atoms. The number of allylic oxidation sites excluding steroid dienone is 1. The number of hydrogen-bond donors (Lipinski definition) is 0. The van der Waals surface area contributed by atoms with Gasteiger partial charge in [-0.3, -0.25) is 4.79 Å². The molecule has 0 amide bonds. The van der Waals surface area contributed by atoms with Crippen LogP contribution >= 0.6 is 23.2 Å². The number of benzene rings is 2. The Balaban J connectivity index is 2.20. The molecule has 3 heteroatoms. The van der Waals surface area contributed by atoms with E-state index >= 15 is 0 Å². The van der Waals surface area contributed by atoms with Gasteiger partial charge in [-0.05, 0) is 29.8 Å². The van der Waals surface area contributed by atoms with Gasteiger partial charge >= 0.3 is 0 Å². The van der Waals surface area contributed by atoms with Crippen molar-refractivity contribution >= 4 is 35.1 Å². The van der Waals surface area contributed by atoms with Crippen molar-refractivity contribution in [3.63, 3.8) is 0 Å². The van der Waals surface area contributed by atoms with Crippen LogP contribution in [0.5, 0.6) is 0 Å². The monoisotopic (exact) mass is 276 g/mol. The molecule has 2 aromatic carbocycles. The molecule has 2 rings (SSSR count). The van der Waals surface area contributed by atoms with Gasteiger partial charge in [0.1, 0.15) is 0 Å². The molecule has 0 radical (unpaired) electrons. The average Bonchev–Trinajstić information content (AvgIpc) is 2.37. The van der Waals surface area contributed by atoms with Gasteiger partial charge in [-0.1, -0.05) is 59.6 Å². The lowest BCUT2D eigenvalue weighted by Crippen LogP contribution is -1.95. The summed E-state index contributed by atoms with van der Waals surface area (Å²) < 4.78 is 0. The molecule has 0 spiro atoms. The third kappa shape index (κ3) is 3.22. The Morgan fingerprint density at radius 3 is 2.39 bits per heavy atom. The molecular formula is C15H10Cl2O. The van der Waals surface area contributed by atoms with Crippen molar-refractivity contribution in [3.05, 3.63) is 75.8 Å². The smallest absolute Gasteiger partial charge is 0.187 e. The van der Waals surface area contributed by atoms with E-state index in [1.165, 1.54) is 6.08 Å². The maximum absolute atomic E-state index is 11.9. The van der Waals surface area contributed by atoms with Gasteiger partial charge in [0.25, 0.3) is 0 Å². The van der Waals surface area contributed by atoms with Crippen molar-refractivity contribution in [1.29, 1.82) is 0 Å². The van der Waals surface area contributed by atoms with Gasteiger partial charge in [0.05, 0.1) is 5.02 Å². The fourth-order valence-corrected chi connectivity index (χ4v) is 2.02. The standard InChI is InChI=1S/C15H10Cl2O/c16-12-7-8-13(14(17)10-12)15(18)9-6-11-4-2-1-3-5-11/h1-10H/b9-6+. The molecule has 0 N–H and O–H groups in total. The molecule has 0 saturated carbocycles. The lowest BCUT2D eigenvalue weighted by atomic mass is 10.1. The van der Waals surface area contributed by atoms with Crippen LogP contribution in [0.3, 0.4) is 0 Å². The van der Waals surface area contributed by atoms with E-state index < -0.39 is 0 Å². The minimum atomic E-state index is -0.138. The highest BCUT2D eigenvalue weighted by atomic mass is 35.5. The van der Waals surface area contributed by atoms with Gasteiger partial charge in [0.2, 0.25) is 0 Å². The van der Waals surface area contributed by atoms with Crippen LogP contribution in [0.2, 0.25) is 10.0 Å². The minimum absolute atomic E-state index is 0.138. The molecule has 18 heavy (non-hydrogen) atoms. The molecule has 0 aromatic heterocycles. The largest absolute Gasteiger partial charge is 0.289 e. The second-order valence-corrected chi connectivity index (χ2v) is 4.58. The second kappa shape index (κ2) is 5.85. The number of ketones is 1. The van der Waals surface area contributed by atoms with Crippen LogP contribution in [-0.2, 0) is 0 Å². The lowest BCUT2D eigenvalue weighted by Gasteiger charge is -2.00. The molecule has 90 valence electrons. The van der Waals surface area contributed by atoms with Gasteiger partial charge < -0.3 is 0 Å². The van der Waals surface area contributed by atoms with E-state index in [1.807, 2.05) is 30.3 Å². The molecular weight excluding hydrogens is 267 g/mol. The Labute approximate surface area is 116 Å². The van der Waals surface area contributed by atoms with Crippen LogP contribution in [0, 0.1) is 0 Å². The summed E-state index contributed by atoms with van der Waals surface area (Å²) in [4.78, 5) is 11.9. The first-order valence-corrected chi connectivity index (χ1v) is 6.15. The Morgan fingerprint density at radius 2 is 1.72 bits per heavy atom. The van der Waals surface area contributed by atoms with Crippen LogP contribution in [0.1, 0.15) is 15.9 Å². The number of carbonyl (C=O) groups excluding carboxylic acids is 1. The maximum Gasteiger partial charge on any atom is 0.187 e. The number of halogens is 2. The zero-order valence-electron chi connectivity index (χ0n) is 9.44. The van der Waals surface area contributed by atoms with Crippen molar-refractivity contribution in [2.45, 2.75) is 0 Å². The lowest BCUT2D eigenvalue weighted by molar-refractivity contribution is 0.104. The Bertz CT molecular complexity index is 589. The van der Waals surface area contributed by atoms with Gasteiger partial charge in [-0.2, -0.15) is 0 Å². The van der Waals surface area contributed by atoms with Gasteiger partial charge in [0.15, 0.2) is 5.78 Å². The van der Waals surface area contributed by atoms with Crippen molar-refractivity contribution in [1.82, 2.24) is 0 Å². The first-order valence-electron chi connectivity index (χ1n) is 5.39. The van der Waals surface area contributed by atoms with Crippen molar-refractivity contribution in [2.24, 2.45) is 0 Å². The van der Waals surface area contributed by atoms with Crippen molar-refractivity contribution < 1.29 is 4.79 Å². The van der Waals surface area contributed by atoms with Gasteiger partial charge in [-0.15, -0.1) is 0 Å². The molecule has 0 atom stereocenters. The van der Waals surface area contributed by atoms with E-state index in [9.17, 15) is 4.79 Å². The van der Waals surface area contributed by atoms with Crippen molar-refractivity contribution in [3.8, 4) is 0 Å². The van der Waals surface area contributed by atoms with Crippen LogP contribution in [0.25, 0.3) is 6.08 Å². The zero-order chi connectivity index (χ0) is 13.0. The molecule has 0 aliphatic rings. The molecule has 0 unspecified atom stereocenters. The normalized spacial score (nSPS) is 10.8. The predicted molar refractivity (Wildman–Crippen MR) is 76.3 cm³/mol. The molecule has 0 heterocycles. The topological polar surface area (TPSA) is 17.1 Å². The molecule has 0 saturated heterocycles. The number of hydrogen-bond acceptors (Lipinski definition) is 1. The van der Waals surface area contributed by atoms with Crippen LogP contribution in [0.4, 0.5) is 0 Å². The first kappa shape index (κ1) is 12.9. The number of carbonyl (C=O) groups is 1. The van der Waals surface area contributed by atoms with E-state index in [1.54, 1.807) is 24.3 Å². The van der Waals surface area contributed by atoms with Crippen LogP contribution < -0.4 is 0 Å². The summed E-state index contributed by atoms with van der Waals surface area (Å²) in [6.07, 6.45) is 3.26. The quantitative estimate of drug-likeness (QED) is 0.576. The van der Waals surface area contributed by atoms with Crippen LogP contribution in [-0.4, -0.2) is 5.78 Å². The summed E-state index contributed by atoms with van der Waals surface area (Å²) in [5, 5.41) is 0.883. The fourth-order valence-electron chi connectivity index (χ4n) is 1.52. The first-order chi connectivity index (χ1) is 8.66. The third-order valence-electron chi connectivity index (χ3n) is 2.42. The van der Waals surface area contributed by atoms with E-state index in [4.69, 9.17) is 23.2 Å².